The summed E-state index contributed by atoms with van der Waals surface area (Å²) in [7, 11) is 1.52. The highest BCUT2D eigenvalue weighted by Crippen LogP contribution is 2.32. The largest absolute Gasteiger partial charge is 0.496 e. The summed E-state index contributed by atoms with van der Waals surface area (Å²) in [4.78, 5) is 0. The molecule has 0 heterocycles. The van der Waals surface area contributed by atoms with Crippen molar-refractivity contribution in [3.05, 3.63) is 28.0 Å². The third-order valence-electron chi connectivity index (χ3n) is 2.40. The molecule has 0 spiro atoms. The van der Waals surface area contributed by atoms with Gasteiger partial charge in [-0.25, -0.2) is 4.39 Å². The second kappa shape index (κ2) is 5.64. The van der Waals surface area contributed by atoms with Gasteiger partial charge < -0.3 is 10.5 Å². The first-order valence-electron chi connectivity index (χ1n) is 5.24. The van der Waals surface area contributed by atoms with Crippen molar-refractivity contribution in [3.63, 3.8) is 0 Å². The van der Waals surface area contributed by atoms with Gasteiger partial charge in [0, 0.05) is 17.7 Å². The zero-order chi connectivity index (χ0) is 12.3. The van der Waals surface area contributed by atoms with Crippen molar-refractivity contribution in [3.8, 4) is 5.75 Å². The molecule has 2 N–H and O–H groups in total. The van der Waals surface area contributed by atoms with E-state index in [1.54, 1.807) is 6.07 Å². The van der Waals surface area contributed by atoms with Gasteiger partial charge in [-0.3, -0.25) is 0 Å². The number of ether oxygens (including phenoxy) is 1. The Morgan fingerprint density at radius 1 is 1.44 bits per heavy atom. The minimum absolute atomic E-state index is 0.133. The van der Waals surface area contributed by atoms with E-state index in [1.807, 2.05) is 0 Å². The fourth-order valence-corrected chi connectivity index (χ4v) is 2.01. The van der Waals surface area contributed by atoms with E-state index in [1.165, 1.54) is 13.2 Å². The first-order chi connectivity index (χ1) is 7.45. The molecule has 1 unspecified atom stereocenters. The Labute approximate surface area is 104 Å². The lowest BCUT2D eigenvalue weighted by Crippen LogP contribution is -2.14. The molecule has 1 aromatic carbocycles. The van der Waals surface area contributed by atoms with Gasteiger partial charge >= 0.3 is 0 Å². The minimum Gasteiger partial charge on any atom is -0.496 e. The molecule has 2 nitrogen and oxygen atoms in total. The van der Waals surface area contributed by atoms with Gasteiger partial charge in [-0.15, -0.1) is 0 Å². The van der Waals surface area contributed by atoms with Crippen LogP contribution in [0.15, 0.2) is 16.6 Å². The van der Waals surface area contributed by atoms with Gasteiger partial charge in [0.15, 0.2) is 0 Å². The molecule has 4 heteroatoms. The average Bonchev–Trinajstić information content (AvgIpc) is 2.20. The minimum atomic E-state index is -0.336. The highest BCUT2D eigenvalue weighted by Gasteiger charge is 2.16. The highest BCUT2D eigenvalue weighted by atomic mass is 79.9. The number of hydrogen-bond donors (Lipinski definition) is 1. The zero-order valence-electron chi connectivity index (χ0n) is 9.76. The quantitative estimate of drug-likeness (QED) is 0.918. The molecular formula is C12H17BrFNO. The van der Waals surface area contributed by atoms with Crippen LogP contribution in [-0.4, -0.2) is 7.11 Å². The molecule has 0 aliphatic rings. The molecule has 0 saturated heterocycles. The molecule has 0 saturated carbocycles. The zero-order valence-corrected chi connectivity index (χ0v) is 11.3. The van der Waals surface area contributed by atoms with Crippen molar-refractivity contribution in [1.29, 1.82) is 0 Å². The lowest BCUT2D eigenvalue weighted by Gasteiger charge is -2.18. The van der Waals surface area contributed by atoms with E-state index in [2.05, 4.69) is 29.8 Å². The lowest BCUT2D eigenvalue weighted by molar-refractivity contribution is 0.395. The number of methoxy groups -OCH3 is 1. The molecule has 0 fully saturated rings. The highest BCUT2D eigenvalue weighted by molar-refractivity contribution is 9.10. The van der Waals surface area contributed by atoms with E-state index in [4.69, 9.17) is 10.5 Å². The Bertz CT molecular complexity index is 368. The average molecular weight is 290 g/mol. The third-order valence-corrected chi connectivity index (χ3v) is 3.01. The van der Waals surface area contributed by atoms with Crippen LogP contribution in [-0.2, 0) is 0 Å². The van der Waals surface area contributed by atoms with Gasteiger partial charge in [0.25, 0.3) is 0 Å². The second-order valence-electron chi connectivity index (χ2n) is 4.24. The summed E-state index contributed by atoms with van der Waals surface area (Å²) in [5.41, 5.74) is 6.91. The van der Waals surface area contributed by atoms with Crippen LogP contribution in [0, 0.1) is 11.7 Å². The Hall–Kier alpha value is -0.610. The molecule has 0 aliphatic heterocycles. The molecule has 0 radical (unpaired) electrons. The molecule has 0 aliphatic carbocycles. The van der Waals surface area contributed by atoms with Crippen LogP contribution in [0.1, 0.15) is 31.9 Å². The normalized spacial score (nSPS) is 12.9. The standard InChI is InChI=1S/C12H17BrFNO/c1-7(2)4-11(15)8-5-9(13)10(14)6-12(8)16-3/h5-7,11H,4,15H2,1-3H3. The van der Waals surface area contributed by atoms with Crippen molar-refractivity contribution < 1.29 is 9.13 Å². The van der Waals surface area contributed by atoms with Crippen LogP contribution in [0.25, 0.3) is 0 Å². The Morgan fingerprint density at radius 3 is 2.56 bits per heavy atom. The number of rotatable bonds is 4. The fraction of sp³-hybridized carbons (Fsp3) is 0.500. The number of hydrogen-bond acceptors (Lipinski definition) is 2. The summed E-state index contributed by atoms with van der Waals surface area (Å²) in [6.07, 6.45) is 0.842. The van der Waals surface area contributed by atoms with Crippen molar-refractivity contribution >= 4 is 15.9 Å². The van der Waals surface area contributed by atoms with Gasteiger partial charge in [0.2, 0.25) is 0 Å². The molecular weight excluding hydrogens is 273 g/mol. The van der Waals surface area contributed by atoms with Crippen LogP contribution in [0.3, 0.4) is 0 Å². The van der Waals surface area contributed by atoms with Gasteiger partial charge in [-0.1, -0.05) is 13.8 Å². The monoisotopic (exact) mass is 289 g/mol. The summed E-state index contributed by atoms with van der Waals surface area (Å²) in [6.45, 7) is 4.20. The second-order valence-corrected chi connectivity index (χ2v) is 5.10. The van der Waals surface area contributed by atoms with E-state index in [-0.39, 0.29) is 11.9 Å². The maximum absolute atomic E-state index is 13.3. The summed E-state index contributed by atoms with van der Waals surface area (Å²) in [5.74, 6) is 0.662. The smallest absolute Gasteiger partial charge is 0.141 e. The first kappa shape index (κ1) is 13.5. The Kier molecular flexibility index (Phi) is 4.74. The van der Waals surface area contributed by atoms with E-state index in [0.717, 1.165) is 12.0 Å². The van der Waals surface area contributed by atoms with Gasteiger partial charge in [-0.2, -0.15) is 0 Å². The van der Waals surface area contributed by atoms with Crippen LogP contribution >= 0.6 is 15.9 Å². The molecule has 0 amide bonds. The first-order valence-corrected chi connectivity index (χ1v) is 6.03. The topological polar surface area (TPSA) is 35.2 Å². The van der Waals surface area contributed by atoms with Gasteiger partial charge in [0.05, 0.1) is 11.6 Å². The summed E-state index contributed by atoms with van der Waals surface area (Å²) < 4.78 is 18.9. The molecule has 0 bridgehead atoms. The van der Waals surface area contributed by atoms with E-state index in [0.29, 0.717) is 16.1 Å². The Balaban J connectivity index is 3.06. The van der Waals surface area contributed by atoms with E-state index >= 15 is 0 Å². The fourth-order valence-electron chi connectivity index (χ4n) is 1.65. The molecule has 0 aromatic heterocycles. The SMILES string of the molecule is COc1cc(F)c(Br)cc1C(N)CC(C)C. The molecule has 1 rings (SSSR count). The lowest BCUT2D eigenvalue weighted by atomic mass is 9.97. The van der Waals surface area contributed by atoms with Crippen molar-refractivity contribution in [2.45, 2.75) is 26.3 Å². The van der Waals surface area contributed by atoms with E-state index < -0.39 is 0 Å². The molecule has 90 valence electrons. The third kappa shape index (κ3) is 3.19. The van der Waals surface area contributed by atoms with Crippen molar-refractivity contribution in [2.75, 3.05) is 7.11 Å². The van der Waals surface area contributed by atoms with Crippen molar-refractivity contribution in [1.82, 2.24) is 0 Å². The molecule has 16 heavy (non-hydrogen) atoms. The predicted octanol–water partition coefficient (Wildman–Crippen LogP) is 3.64. The van der Waals surface area contributed by atoms with Crippen LogP contribution in [0.2, 0.25) is 0 Å². The van der Waals surface area contributed by atoms with Gasteiger partial charge in [-0.05, 0) is 34.3 Å². The number of nitrogens with two attached hydrogens (primary N) is 1. The summed E-state index contributed by atoms with van der Waals surface area (Å²) in [5, 5.41) is 0. The number of halogens is 2. The molecule has 1 aromatic rings. The number of benzene rings is 1. The van der Waals surface area contributed by atoms with Crippen LogP contribution in [0.5, 0.6) is 5.75 Å². The van der Waals surface area contributed by atoms with Crippen LogP contribution < -0.4 is 10.5 Å². The van der Waals surface area contributed by atoms with Crippen LogP contribution in [0.4, 0.5) is 4.39 Å². The summed E-state index contributed by atoms with van der Waals surface area (Å²) in [6, 6.07) is 2.92. The maximum Gasteiger partial charge on any atom is 0.141 e. The molecule has 1 atom stereocenters. The van der Waals surface area contributed by atoms with Crippen molar-refractivity contribution in [2.24, 2.45) is 11.7 Å². The predicted molar refractivity (Wildman–Crippen MR) is 67.0 cm³/mol. The summed E-state index contributed by atoms with van der Waals surface area (Å²) >= 11 is 3.16. The maximum atomic E-state index is 13.3. The van der Waals surface area contributed by atoms with E-state index in [9.17, 15) is 4.39 Å². The van der Waals surface area contributed by atoms with Gasteiger partial charge in [0.1, 0.15) is 11.6 Å². The Morgan fingerprint density at radius 2 is 2.06 bits per heavy atom.